The van der Waals surface area contributed by atoms with E-state index >= 15 is 0 Å². The van der Waals surface area contributed by atoms with Gasteiger partial charge in [-0.3, -0.25) is 0 Å². The lowest BCUT2D eigenvalue weighted by molar-refractivity contribution is -0.138. The summed E-state index contributed by atoms with van der Waals surface area (Å²) in [4.78, 5) is 10.6. The molecular weight excluding hydrogens is 116 g/mol. The first-order valence-corrected chi connectivity index (χ1v) is 2.70. The van der Waals surface area contributed by atoms with Crippen LogP contribution in [0.15, 0.2) is 24.8 Å². The molecular formula is C7H10O2. The first-order valence-electron chi connectivity index (χ1n) is 2.70. The first kappa shape index (κ1) is 7.95. The Morgan fingerprint density at radius 1 is 1.78 bits per heavy atom. The van der Waals surface area contributed by atoms with Crippen LogP contribution in [0.25, 0.3) is 0 Å². The lowest BCUT2D eigenvalue weighted by Gasteiger charge is -1.97. The number of carbonyl (C=O) groups excluding carboxylic acids is 1. The SMILES string of the molecule is C=CC(=C)C(=O)OCC. The van der Waals surface area contributed by atoms with Crippen LogP contribution in [0, 0.1) is 0 Å². The monoisotopic (exact) mass is 126 g/mol. The van der Waals surface area contributed by atoms with Gasteiger partial charge in [0.1, 0.15) is 0 Å². The fraction of sp³-hybridized carbons (Fsp3) is 0.286. The molecule has 0 rings (SSSR count). The molecule has 0 heterocycles. The van der Waals surface area contributed by atoms with E-state index in [0.717, 1.165) is 0 Å². The summed E-state index contributed by atoms with van der Waals surface area (Å²) in [5, 5.41) is 0. The molecule has 0 aromatic heterocycles. The fourth-order valence-corrected chi connectivity index (χ4v) is 0.307. The van der Waals surface area contributed by atoms with Gasteiger partial charge in [0, 0.05) is 0 Å². The molecule has 9 heavy (non-hydrogen) atoms. The Balaban J connectivity index is 3.73. The maximum Gasteiger partial charge on any atom is 0.337 e. The van der Waals surface area contributed by atoms with Crippen molar-refractivity contribution in [1.29, 1.82) is 0 Å². The van der Waals surface area contributed by atoms with Crippen molar-refractivity contribution in [2.75, 3.05) is 6.61 Å². The zero-order chi connectivity index (χ0) is 7.28. The standard InChI is InChI=1S/C7H10O2/c1-4-6(3)7(8)9-5-2/h4H,1,3,5H2,2H3. The van der Waals surface area contributed by atoms with Gasteiger partial charge in [-0.05, 0) is 6.92 Å². The van der Waals surface area contributed by atoms with Gasteiger partial charge >= 0.3 is 5.97 Å². The average Bonchev–Trinajstić information content (AvgIpc) is 1.87. The zero-order valence-electron chi connectivity index (χ0n) is 5.52. The van der Waals surface area contributed by atoms with Crippen LogP contribution in [0.2, 0.25) is 0 Å². The Morgan fingerprint density at radius 2 is 2.33 bits per heavy atom. The highest BCUT2D eigenvalue weighted by molar-refractivity contribution is 5.90. The molecule has 0 spiro atoms. The number of carbonyl (C=O) groups is 1. The van der Waals surface area contributed by atoms with E-state index < -0.39 is 5.97 Å². The minimum Gasteiger partial charge on any atom is -0.462 e. The number of hydrogen-bond donors (Lipinski definition) is 0. The minimum absolute atomic E-state index is 0.303. The van der Waals surface area contributed by atoms with E-state index in [2.05, 4.69) is 17.9 Å². The van der Waals surface area contributed by atoms with Crippen LogP contribution in [0.3, 0.4) is 0 Å². The van der Waals surface area contributed by atoms with Gasteiger partial charge in [0.25, 0.3) is 0 Å². The molecule has 0 aliphatic carbocycles. The van der Waals surface area contributed by atoms with Crippen LogP contribution >= 0.6 is 0 Å². The molecule has 2 nitrogen and oxygen atoms in total. The maximum atomic E-state index is 10.6. The Kier molecular flexibility index (Phi) is 3.44. The molecule has 0 unspecified atom stereocenters. The number of esters is 1. The van der Waals surface area contributed by atoms with Gasteiger partial charge in [-0.25, -0.2) is 4.79 Å². The fourth-order valence-electron chi connectivity index (χ4n) is 0.307. The molecule has 0 radical (unpaired) electrons. The van der Waals surface area contributed by atoms with Crippen molar-refractivity contribution >= 4 is 5.97 Å². The summed E-state index contributed by atoms with van der Waals surface area (Å²) in [6.45, 7) is 8.89. The summed E-state index contributed by atoms with van der Waals surface area (Å²) in [6.07, 6.45) is 1.37. The van der Waals surface area contributed by atoms with Crippen molar-refractivity contribution in [2.24, 2.45) is 0 Å². The third kappa shape index (κ3) is 2.69. The van der Waals surface area contributed by atoms with Crippen molar-refractivity contribution in [1.82, 2.24) is 0 Å². The first-order chi connectivity index (χ1) is 4.22. The molecule has 0 saturated carbocycles. The maximum absolute atomic E-state index is 10.6. The van der Waals surface area contributed by atoms with Crippen LogP contribution in [-0.4, -0.2) is 12.6 Å². The Bertz CT molecular complexity index is 136. The Labute approximate surface area is 54.8 Å². The third-order valence-electron chi connectivity index (χ3n) is 0.784. The normalized spacial score (nSPS) is 8.11. The summed E-state index contributed by atoms with van der Waals surface area (Å²) in [5.41, 5.74) is 0.303. The summed E-state index contributed by atoms with van der Waals surface area (Å²) in [7, 11) is 0. The van der Waals surface area contributed by atoms with Crippen LogP contribution in [0.4, 0.5) is 0 Å². The van der Waals surface area contributed by atoms with Crippen molar-refractivity contribution < 1.29 is 9.53 Å². The van der Waals surface area contributed by atoms with E-state index in [0.29, 0.717) is 12.2 Å². The van der Waals surface area contributed by atoms with Gasteiger partial charge in [0.15, 0.2) is 0 Å². The second-order valence-corrected chi connectivity index (χ2v) is 1.45. The van der Waals surface area contributed by atoms with Gasteiger partial charge in [-0.2, -0.15) is 0 Å². The van der Waals surface area contributed by atoms with Crippen LogP contribution in [0.1, 0.15) is 6.92 Å². The highest BCUT2D eigenvalue weighted by atomic mass is 16.5. The van der Waals surface area contributed by atoms with Gasteiger partial charge in [0.2, 0.25) is 0 Å². The molecule has 0 atom stereocenters. The number of ether oxygens (including phenoxy) is 1. The van der Waals surface area contributed by atoms with Crippen molar-refractivity contribution in [3.63, 3.8) is 0 Å². The zero-order valence-corrected chi connectivity index (χ0v) is 5.52. The number of hydrogen-bond acceptors (Lipinski definition) is 2. The molecule has 0 fully saturated rings. The third-order valence-corrected chi connectivity index (χ3v) is 0.784. The molecule has 0 saturated heterocycles. The minimum atomic E-state index is -0.396. The summed E-state index contributed by atoms with van der Waals surface area (Å²) in [5.74, 6) is -0.396. The topological polar surface area (TPSA) is 26.3 Å². The van der Waals surface area contributed by atoms with Gasteiger partial charge < -0.3 is 4.74 Å². The van der Waals surface area contributed by atoms with E-state index in [1.807, 2.05) is 0 Å². The molecule has 0 N–H and O–H groups in total. The Morgan fingerprint density at radius 3 is 2.67 bits per heavy atom. The van der Waals surface area contributed by atoms with Crippen LogP contribution in [0.5, 0.6) is 0 Å². The average molecular weight is 126 g/mol. The summed E-state index contributed by atoms with van der Waals surface area (Å²) >= 11 is 0. The van der Waals surface area contributed by atoms with E-state index in [1.165, 1.54) is 6.08 Å². The number of rotatable bonds is 3. The van der Waals surface area contributed by atoms with Crippen molar-refractivity contribution in [3.8, 4) is 0 Å². The van der Waals surface area contributed by atoms with E-state index in [1.54, 1.807) is 6.92 Å². The highest BCUT2D eigenvalue weighted by Gasteiger charge is 2.00. The van der Waals surface area contributed by atoms with Crippen LogP contribution in [-0.2, 0) is 9.53 Å². The summed E-state index contributed by atoms with van der Waals surface area (Å²) in [6, 6.07) is 0. The van der Waals surface area contributed by atoms with E-state index in [4.69, 9.17) is 0 Å². The molecule has 0 aromatic rings. The molecule has 0 bridgehead atoms. The van der Waals surface area contributed by atoms with Crippen molar-refractivity contribution in [3.05, 3.63) is 24.8 Å². The molecule has 0 aliphatic rings. The predicted octanol–water partition coefficient (Wildman–Crippen LogP) is 1.29. The summed E-state index contributed by atoms with van der Waals surface area (Å²) < 4.78 is 4.58. The highest BCUT2D eigenvalue weighted by Crippen LogP contribution is 1.93. The molecule has 0 amide bonds. The van der Waals surface area contributed by atoms with Crippen molar-refractivity contribution in [2.45, 2.75) is 6.92 Å². The lowest BCUT2D eigenvalue weighted by Crippen LogP contribution is -2.04. The van der Waals surface area contributed by atoms with Crippen LogP contribution < -0.4 is 0 Å². The van der Waals surface area contributed by atoms with Gasteiger partial charge in [-0.1, -0.05) is 19.2 Å². The molecule has 0 aliphatic heterocycles. The predicted molar refractivity (Wildman–Crippen MR) is 36.0 cm³/mol. The molecule has 2 heteroatoms. The smallest absolute Gasteiger partial charge is 0.337 e. The van der Waals surface area contributed by atoms with E-state index in [9.17, 15) is 4.79 Å². The Hall–Kier alpha value is -1.05. The second kappa shape index (κ2) is 3.89. The largest absolute Gasteiger partial charge is 0.462 e. The lowest BCUT2D eigenvalue weighted by atomic mass is 10.3. The quantitative estimate of drug-likeness (QED) is 0.323. The second-order valence-electron chi connectivity index (χ2n) is 1.45. The van der Waals surface area contributed by atoms with E-state index in [-0.39, 0.29) is 0 Å². The molecule has 50 valence electrons. The van der Waals surface area contributed by atoms with Gasteiger partial charge in [0.05, 0.1) is 12.2 Å². The molecule has 0 aromatic carbocycles. The van der Waals surface area contributed by atoms with Gasteiger partial charge in [-0.15, -0.1) is 0 Å².